The second-order valence-corrected chi connectivity index (χ2v) is 5.78. The topological polar surface area (TPSA) is 67.3 Å². The standard InChI is InChI=1S/C20H20N4O2/c1-14-12-18(19(25)22-15-8-7-11-17(13-15)26-3)23-20(21-14)24(2)16-9-5-4-6-10-16/h4-13H,1-3H3,(H,22,25). The van der Waals surface area contributed by atoms with Gasteiger partial charge in [-0.15, -0.1) is 0 Å². The van der Waals surface area contributed by atoms with Crippen molar-refractivity contribution in [3.8, 4) is 5.75 Å². The van der Waals surface area contributed by atoms with Crippen LogP contribution in [-0.4, -0.2) is 30.0 Å². The van der Waals surface area contributed by atoms with Crippen molar-refractivity contribution in [1.82, 2.24) is 9.97 Å². The van der Waals surface area contributed by atoms with Gasteiger partial charge >= 0.3 is 0 Å². The molecule has 0 aliphatic carbocycles. The number of methoxy groups -OCH3 is 1. The van der Waals surface area contributed by atoms with Gasteiger partial charge in [0.15, 0.2) is 0 Å². The zero-order valence-corrected chi connectivity index (χ0v) is 14.9. The lowest BCUT2D eigenvalue weighted by atomic mass is 10.2. The van der Waals surface area contributed by atoms with Crippen molar-refractivity contribution in [2.24, 2.45) is 0 Å². The normalized spacial score (nSPS) is 10.3. The van der Waals surface area contributed by atoms with E-state index in [9.17, 15) is 4.79 Å². The van der Waals surface area contributed by atoms with Crippen molar-refractivity contribution in [1.29, 1.82) is 0 Å². The van der Waals surface area contributed by atoms with Crippen molar-refractivity contribution < 1.29 is 9.53 Å². The molecule has 0 unspecified atom stereocenters. The van der Waals surface area contributed by atoms with Crippen LogP contribution >= 0.6 is 0 Å². The van der Waals surface area contributed by atoms with Gasteiger partial charge in [0.05, 0.1) is 7.11 Å². The van der Waals surface area contributed by atoms with E-state index < -0.39 is 0 Å². The molecule has 1 N–H and O–H groups in total. The number of benzene rings is 2. The van der Waals surface area contributed by atoms with Crippen LogP contribution in [0.15, 0.2) is 60.7 Å². The number of nitrogens with zero attached hydrogens (tertiary/aromatic N) is 3. The number of aromatic nitrogens is 2. The van der Waals surface area contributed by atoms with Gasteiger partial charge in [0.2, 0.25) is 5.95 Å². The maximum atomic E-state index is 12.6. The third-order valence-corrected chi connectivity index (χ3v) is 3.85. The zero-order chi connectivity index (χ0) is 18.5. The maximum absolute atomic E-state index is 12.6. The number of carbonyl (C=O) groups excluding carboxylic acids is 1. The highest BCUT2D eigenvalue weighted by Gasteiger charge is 2.14. The van der Waals surface area contributed by atoms with E-state index in [1.165, 1.54) is 0 Å². The number of hydrogen-bond acceptors (Lipinski definition) is 5. The van der Waals surface area contributed by atoms with E-state index in [0.29, 0.717) is 28.8 Å². The molecule has 0 saturated carbocycles. The molecule has 6 nitrogen and oxygen atoms in total. The van der Waals surface area contributed by atoms with Gasteiger partial charge in [0.1, 0.15) is 11.4 Å². The summed E-state index contributed by atoms with van der Waals surface area (Å²) in [6, 6.07) is 18.6. The first-order valence-electron chi connectivity index (χ1n) is 8.16. The van der Waals surface area contributed by atoms with Crippen LogP contribution in [0.1, 0.15) is 16.2 Å². The predicted molar refractivity (Wildman–Crippen MR) is 102 cm³/mol. The first kappa shape index (κ1) is 17.4. The van der Waals surface area contributed by atoms with E-state index in [1.54, 1.807) is 25.3 Å². The average Bonchev–Trinajstić information content (AvgIpc) is 2.67. The number of aryl methyl sites for hydroxylation is 1. The summed E-state index contributed by atoms with van der Waals surface area (Å²) in [7, 11) is 3.45. The minimum absolute atomic E-state index is 0.300. The van der Waals surface area contributed by atoms with Gasteiger partial charge in [-0.25, -0.2) is 9.97 Å². The summed E-state index contributed by atoms with van der Waals surface area (Å²) in [5, 5.41) is 2.84. The number of carbonyl (C=O) groups is 1. The Morgan fingerprint density at radius 3 is 2.54 bits per heavy atom. The Hall–Kier alpha value is -3.41. The smallest absolute Gasteiger partial charge is 0.274 e. The molecule has 0 spiro atoms. The minimum Gasteiger partial charge on any atom is -0.497 e. The second kappa shape index (κ2) is 7.65. The number of hydrogen-bond donors (Lipinski definition) is 1. The minimum atomic E-state index is -0.300. The van der Waals surface area contributed by atoms with Crippen LogP contribution < -0.4 is 15.0 Å². The van der Waals surface area contributed by atoms with Gasteiger partial charge < -0.3 is 15.0 Å². The summed E-state index contributed by atoms with van der Waals surface area (Å²) in [6.07, 6.45) is 0. The second-order valence-electron chi connectivity index (χ2n) is 5.78. The van der Waals surface area contributed by atoms with E-state index in [-0.39, 0.29) is 5.91 Å². The Morgan fingerprint density at radius 1 is 1.04 bits per heavy atom. The molecule has 3 rings (SSSR count). The fourth-order valence-corrected chi connectivity index (χ4v) is 2.48. The van der Waals surface area contributed by atoms with E-state index >= 15 is 0 Å². The fraction of sp³-hybridized carbons (Fsp3) is 0.150. The molecule has 0 saturated heterocycles. The van der Waals surface area contributed by atoms with Crippen molar-refractivity contribution in [2.75, 3.05) is 24.4 Å². The number of amides is 1. The SMILES string of the molecule is COc1cccc(NC(=O)c2cc(C)nc(N(C)c3ccccc3)n2)c1. The molecule has 0 aliphatic heterocycles. The van der Waals surface area contributed by atoms with Crippen molar-refractivity contribution in [3.63, 3.8) is 0 Å². The van der Waals surface area contributed by atoms with Crippen LogP contribution in [0.4, 0.5) is 17.3 Å². The van der Waals surface area contributed by atoms with E-state index in [4.69, 9.17) is 4.74 Å². The van der Waals surface area contributed by atoms with Crippen molar-refractivity contribution in [2.45, 2.75) is 6.92 Å². The number of para-hydroxylation sites is 1. The number of anilines is 3. The average molecular weight is 348 g/mol. The highest BCUT2D eigenvalue weighted by Crippen LogP contribution is 2.21. The molecular weight excluding hydrogens is 328 g/mol. The van der Waals surface area contributed by atoms with Crippen LogP contribution in [0.5, 0.6) is 5.75 Å². The van der Waals surface area contributed by atoms with Crippen molar-refractivity contribution in [3.05, 3.63) is 72.1 Å². The molecule has 3 aromatic rings. The lowest BCUT2D eigenvalue weighted by Crippen LogP contribution is -2.19. The third-order valence-electron chi connectivity index (χ3n) is 3.85. The molecule has 132 valence electrons. The van der Waals surface area contributed by atoms with Gasteiger partial charge in [0.25, 0.3) is 5.91 Å². The van der Waals surface area contributed by atoms with Crippen LogP contribution in [0.3, 0.4) is 0 Å². The molecule has 0 bridgehead atoms. The fourth-order valence-electron chi connectivity index (χ4n) is 2.48. The molecule has 26 heavy (non-hydrogen) atoms. The molecule has 0 atom stereocenters. The predicted octanol–water partition coefficient (Wildman–Crippen LogP) is 3.81. The van der Waals surface area contributed by atoms with Crippen LogP contribution in [0, 0.1) is 6.92 Å². The maximum Gasteiger partial charge on any atom is 0.274 e. The Morgan fingerprint density at radius 2 is 1.81 bits per heavy atom. The summed E-state index contributed by atoms with van der Waals surface area (Å²) in [5.74, 6) is 0.838. The first-order chi connectivity index (χ1) is 12.6. The largest absolute Gasteiger partial charge is 0.497 e. The molecule has 1 heterocycles. The van der Waals surface area contributed by atoms with Crippen LogP contribution in [0.25, 0.3) is 0 Å². The molecule has 1 amide bonds. The Bertz CT molecular complexity index is 913. The lowest BCUT2D eigenvalue weighted by Gasteiger charge is -2.18. The van der Waals surface area contributed by atoms with Crippen LogP contribution in [-0.2, 0) is 0 Å². The molecule has 6 heteroatoms. The van der Waals surface area contributed by atoms with E-state index in [0.717, 1.165) is 5.69 Å². The highest BCUT2D eigenvalue weighted by atomic mass is 16.5. The van der Waals surface area contributed by atoms with Crippen molar-refractivity contribution >= 4 is 23.2 Å². The Labute approximate surface area is 152 Å². The molecule has 0 fully saturated rings. The molecule has 1 aromatic heterocycles. The van der Waals surface area contributed by atoms with Gasteiger partial charge in [-0.2, -0.15) is 0 Å². The summed E-state index contributed by atoms with van der Waals surface area (Å²) >= 11 is 0. The molecule has 0 aliphatic rings. The van der Waals surface area contributed by atoms with Gasteiger partial charge in [0, 0.05) is 30.2 Å². The number of ether oxygens (including phenoxy) is 1. The Balaban J connectivity index is 1.86. The zero-order valence-electron chi connectivity index (χ0n) is 14.9. The quantitative estimate of drug-likeness (QED) is 0.759. The molecular formula is C20H20N4O2. The summed E-state index contributed by atoms with van der Waals surface area (Å²) < 4.78 is 5.18. The Kier molecular flexibility index (Phi) is 5.12. The van der Waals surface area contributed by atoms with Gasteiger partial charge in [-0.1, -0.05) is 24.3 Å². The van der Waals surface area contributed by atoms with E-state index in [2.05, 4.69) is 15.3 Å². The van der Waals surface area contributed by atoms with Gasteiger partial charge in [-0.3, -0.25) is 4.79 Å². The number of rotatable bonds is 5. The number of nitrogens with one attached hydrogen (secondary N) is 1. The first-order valence-corrected chi connectivity index (χ1v) is 8.16. The third kappa shape index (κ3) is 3.97. The lowest BCUT2D eigenvalue weighted by molar-refractivity contribution is 0.102. The highest BCUT2D eigenvalue weighted by molar-refractivity contribution is 6.03. The van der Waals surface area contributed by atoms with Gasteiger partial charge in [-0.05, 0) is 37.3 Å². The molecule has 2 aromatic carbocycles. The molecule has 0 radical (unpaired) electrons. The van der Waals surface area contributed by atoms with Crippen LogP contribution in [0.2, 0.25) is 0 Å². The monoisotopic (exact) mass is 348 g/mol. The summed E-state index contributed by atoms with van der Waals surface area (Å²) in [5.41, 5.74) is 2.60. The van der Waals surface area contributed by atoms with E-state index in [1.807, 2.05) is 61.3 Å². The summed E-state index contributed by atoms with van der Waals surface area (Å²) in [4.78, 5) is 23.3. The summed E-state index contributed by atoms with van der Waals surface area (Å²) in [6.45, 7) is 1.84.